The highest BCUT2D eigenvalue weighted by molar-refractivity contribution is 7.99. The van der Waals surface area contributed by atoms with E-state index in [9.17, 15) is 9.90 Å². The number of hydrogen-bond acceptors (Lipinski definition) is 4. The summed E-state index contributed by atoms with van der Waals surface area (Å²) in [4.78, 5) is 14.2. The molecule has 0 aliphatic carbocycles. The number of aliphatic hydroxyl groups excluding tert-OH is 2. The van der Waals surface area contributed by atoms with E-state index in [1.807, 2.05) is 11.8 Å². The summed E-state index contributed by atoms with van der Waals surface area (Å²) in [5.74, 6) is 1.85. The maximum Gasteiger partial charge on any atom is 0.254 e. The van der Waals surface area contributed by atoms with Crippen molar-refractivity contribution in [3.8, 4) is 0 Å². The third kappa shape index (κ3) is 2.85. The third-order valence-corrected chi connectivity index (χ3v) is 3.96. The zero-order valence-corrected chi connectivity index (χ0v) is 10.9. The first-order chi connectivity index (χ1) is 8.74. The molecule has 1 amide bonds. The fourth-order valence-electron chi connectivity index (χ4n) is 2.02. The van der Waals surface area contributed by atoms with E-state index in [0.29, 0.717) is 11.1 Å². The Balaban J connectivity index is 2.23. The number of thioether (sulfide) groups is 1. The number of nitrogens with zero attached hydrogens (tertiary/aromatic N) is 1. The van der Waals surface area contributed by atoms with Crippen LogP contribution < -0.4 is 0 Å². The highest BCUT2D eigenvalue weighted by atomic mass is 32.2. The number of rotatable bonds is 3. The fraction of sp³-hybridized carbons (Fsp3) is 0.462. The van der Waals surface area contributed by atoms with Crippen molar-refractivity contribution in [1.29, 1.82) is 0 Å². The zero-order chi connectivity index (χ0) is 13.0. The van der Waals surface area contributed by atoms with Crippen LogP contribution >= 0.6 is 11.8 Å². The minimum atomic E-state index is -0.996. The number of carbonyl (C=O) groups is 1. The highest BCUT2D eigenvalue weighted by Crippen LogP contribution is 2.21. The normalized spacial score (nSPS) is 17.6. The van der Waals surface area contributed by atoms with Gasteiger partial charge in [-0.3, -0.25) is 4.79 Å². The number of carbonyl (C=O) groups excluding carboxylic acids is 1. The van der Waals surface area contributed by atoms with E-state index >= 15 is 0 Å². The van der Waals surface area contributed by atoms with E-state index in [-0.39, 0.29) is 12.5 Å². The van der Waals surface area contributed by atoms with Gasteiger partial charge in [0.05, 0.1) is 6.61 Å². The Labute approximate surface area is 111 Å². The van der Waals surface area contributed by atoms with Crippen molar-refractivity contribution in [1.82, 2.24) is 4.90 Å². The first-order valence-electron chi connectivity index (χ1n) is 5.99. The van der Waals surface area contributed by atoms with Gasteiger partial charge < -0.3 is 15.1 Å². The van der Waals surface area contributed by atoms with Gasteiger partial charge in [0.15, 0.2) is 0 Å². The van der Waals surface area contributed by atoms with E-state index in [4.69, 9.17) is 5.11 Å². The molecule has 1 fully saturated rings. The van der Waals surface area contributed by atoms with Gasteiger partial charge in [0.25, 0.3) is 5.91 Å². The van der Waals surface area contributed by atoms with Crippen LogP contribution in [0.3, 0.4) is 0 Å². The standard InChI is InChI=1S/C13H17NO3S/c15-9-12(16)10-3-1-2-4-11(10)13(17)14-5-7-18-8-6-14/h1-4,12,15-16H,5-9H2. The van der Waals surface area contributed by atoms with Crippen LogP contribution in [0.1, 0.15) is 22.0 Å². The monoisotopic (exact) mass is 267 g/mol. The molecule has 2 N–H and O–H groups in total. The summed E-state index contributed by atoms with van der Waals surface area (Å²) in [6.45, 7) is 1.11. The number of benzene rings is 1. The van der Waals surface area contributed by atoms with Crippen molar-refractivity contribution in [3.63, 3.8) is 0 Å². The quantitative estimate of drug-likeness (QED) is 0.854. The van der Waals surface area contributed by atoms with Gasteiger partial charge in [-0.15, -0.1) is 0 Å². The predicted octanol–water partition coefficient (Wildman–Crippen LogP) is 0.901. The summed E-state index contributed by atoms with van der Waals surface area (Å²) in [7, 11) is 0. The Bertz CT molecular complexity index is 418. The van der Waals surface area contributed by atoms with Crippen molar-refractivity contribution in [2.45, 2.75) is 6.10 Å². The van der Waals surface area contributed by atoms with E-state index in [1.54, 1.807) is 29.2 Å². The molecular formula is C13H17NO3S. The van der Waals surface area contributed by atoms with Crippen LogP contribution in [0.5, 0.6) is 0 Å². The van der Waals surface area contributed by atoms with Gasteiger partial charge in [-0.05, 0) is 11.6 Å². The molecule has 1 aliphatic rings. The smallest absolute Gasteiger partial charge is 0.254 e. The second kappa shape index (κ2) is 6.22. The van der Waals surface area contributed by atoms with E-state index in [0.717, 1.165) is 24.6 Å². The molecular weight excluding hydrogens is 250 g/mol. The van der Waals surface area contributed by atoms with E-state index < -0.39 is 6.10 Å². The Kier molecular flexibility index (Phi) is 4.63. The molecule has 98 valence electrons. The van der Waals surface area contributed by atoms with Gasteiger partial charge in [-0.25, -0.2) is 0 Å². The number of aliphatic hydroxyl groups is 2. The molecule has 18 heavy (non-hydrogen) atoms. The minimum absolute atomic E-state index is 0.0570. The molecule has 1 saturated heterocycles. The predicted molar refractivity (Wildman–Crippen MR) is 71.7 cm³/mol. The lowest BCUT2D eigenvalue weighted by Gasteiger charge is -2.27. The molecule has 1 unspecified atom stereocenters. The summed E-state index contributed by atoms with van der Waals surface area (Å²) < 4.78 is 0. The van der Waals surface area contributed by atoms with Crippen LogP contribution in [0.2, 0.25) is 0 Å². The van der Waals surface area contributed by atoms with Crippen molar-refractivity contribution in [2.75, 3.05) is 31.2 Å². The molecule has 1 aromatic carbocycles. The molecule has 1 atom stereocenters. The molecule has 5 heteroatoms. The first-order valence-corrected chi connectivity index (χ1v) is 7.14. The molecule has 1 aliphatic heterocycles. The van der Waals surface area contributed by atoms with Gasteiger partial charge in [-0.1, -0.05) is 18.2 Å². The lowest BCUT2D eigenvalue weighted by Crippen LogP contribution is -2.38. The molecule has 0 radical (unpaired) electrons. The van der Waals surface area contributed by atoms with Crippen molar-refractivity contribution in [2.24, 2.45) is 0 Å². The molecule has 2 rings (SSSR count). The highest BCUT2D eigenvalue weighted by Gasteiger charge is 2.22. The summed E-state index contributed by atoms with van der Waals surface area (Å²) >= 11 is 1.84. The molecule has 0 saturated carbocycles. The zero-order valence-electron chi connectivity index (χ0n) is 10.1. The van der Waals surface area contributed by atoms with Gasteiger partial charge in [-0.2, -0.15) is 11.8 Å². The van der Waals surface area contributed by atoms with Crippen LogP contribution in [0.15, 0.2) is 24.3 Å². The summed E-state index contributed by atoms with van der Waals surface area (Å²) in [6.07, 6.45) is -0.996. The average Bonchev–Trinajstić information content (AvgIpc) is 2.46. The van der Waals surface area contributed by atoms with Crippen LogP contribution in [-0.2, 0) is 0 Å². The topological polar surface area (TPSA) is 60.8 Å². The SMILES string of the molecule is O=C(c1ccccc1C(O)CO)N1CCSCC1. The fourth-order valence-corrected chi connectivity index (χ4v) is 2.92. The second-order valence-electron chi connectivity index (χ2n) is 4.19. The van der Waals surface area contributed by atoms with Crippen LogP contribution in [0.25, 0.3) is 0 Å². The Morgan fingerprint density at radius 2 is 2.00 bits per heavy atom. The molecule has 4 nitrogen and oxygen atoms in total. The van der Waals surface area contributed by atoms with Gasteiger partial charge >= 0.3 is 0 Å². The number of hydrogen-bond donors (Lipinski definition) is 2. The van der Waals surface area contributed by atoms with E-state index in [1.165, 1.54) is 0 Å². The maximum atomic E-state index is 12.4. The van der Waals surface area contributed by atoms with Gasteiger partial charge in [0, 0.05) is 30.2 Å². The molecule has 1 heterocycles. The van der Waals surface area contributed by atoms with E-state index in [2.05, 4.69) is 0 Å². The first kappa shape index (κ1) is 13.4. The summed E-state index contributed by atoms with van der Waals surface area (Å²) in [5.41, 5.74) is 0.995. The van der Waals surface area contributed by atoms with Crippen LogP contribution in [0, 0.1) is 0 Å². The maximum absolute atomic E-state index is 12.4. The van der Waals surface area contributed by atoms with Crippen molar-refractivity contribution in [3.05, 3.63) is 35.4 Å². The minimum Gasteiger partial charge on any atom is -0.393 e. The molecule has 0 bridgehead atoms. The second-order valence-corrected chi connectivity index (χ2v) is 5.41. The lowest BCUT2D eigenvalue weighted by molar-refractivity contribution is 0.0744. The van der Waals surface area contributed by atoms with Crippen molar-refractivity contribution < 1.29 is 15.0 Å². The largest absolute Gasteiger partial charge is 0.393 e. The van der Waals surface area contributed by atoms with Crippen LogP contribution in [0.4, 0.5) is 0 Å². The molecule has 0 spiro atoms. The van der Waals surface area contributed by atoms with Gasteiger partial charge in [0.1, 0.15) is 6.10 Å². The average molecular weight is 267 g/mol. The van der Waals surface area contributed by atoms with Gasteiger partial charge in [0.2, 0.25) is 0 Å². The van der Waals surface area contributed by atoms with Crippen molar-refractivity contribution >= 4 is 17.7 Å². The van der Waals surface area contributed by atoms with Crippen LogP contribution in [-0.4, -0.2) is 52.2 Å². The Morgan fingerprint density at radius 3 is 2.67 bits per heavy atom. The molecule has 0 aromatic heterocycles. The summed E-state index contributed by atoms with van der Waals surface area (Å²) in [5, 5.41) is 18.8. The molecule has 1 aromatic rings. The lowest BCUT2D eigenvalue weighted by atomic mass is 10.0. The Morgan fingerprint density at radius 1 is 1.33 bits per heavy atom. The summed E-state index contributed by atoms with van der Waals surface area (Å²) in [6, 6.07) is 6.93. The third-order valence-electron chi connectivity index (χ3n) is 3.02. The Hall–Kier alpha value is -1.04. The number of amides is 1.